The molecule has 1 aromatic carbocycles. The summed E-state index contributed by atoms with van der Waals surface area (Å²) in [4.78, 5) is 20.5. The summed E-state index contributed by atoms with van der Waals surface area (Å²) in [5.74, 6) is 0.933. The van der Waals surface area contributed by atoms with Gasteiger partial charge in [-0.05, 0) is 49.6 Å². The zero-order valence-corrected chi connectivity index (χ0v) is 14.6. The molecule has 0 saturated heterocycles. The Bertz CT molecular complexity index is 1100. The highest BCUT2D eigenvalue weighted by molar-refractivity contribution is 7.10. The molecule has 3 aromatic heterocycles. The molecule has 0 spiro atoms. The number of thiophene rings is 1. The minimum Gasteiger partial charge on any atom is -0.334 e. The highest BCUT2D eigenvalue weighted by Gasteiger charge is 2.12. The van der Waals surface area contributed by atoms with E-state index in [2.05, 4.69) is 15.1 Å². The minimum atomic E-state index is -0.116. The summed E-state index contributed by atoms with van der Waals surface area (Å²) in [6.45, 7) is 3.96. The number of hydrogen-bond acceptors (Lipinski definition) is 5. The van der Waals surface area contributed by atoms with Crippen molar-refractivity contribution in [2.24, 2.45) is 0 Å². The van der Waals surface area contributed by atoms with Crippen molar-refractivity contribution in [3.8, 4) is 11.4 Å². The largest absolute Gasteiger partial charge is 0.334 e. The van der Waals surface area contributed by atoms with Gasteiger partial charge in [-0.3, -0.25) is 4.57 Å². The van der Waals surface area contributed by atoms with Crippen LogP contribution in [0.2, 0.25) is 0 Å². The van der Waals surface area contributed by atoms with Crippen LogP contribution in [0.25, 0.3) is 34.6 Å². The van der Waals surface area contributed by atoms with Gasteiger partial charge in [0.15, 0.2) is 0 Å². The summed E-state index contributed by atoms with van der Waals surface area (Å²) in [7, 11) is 0. The summed E-state index contributed by atoms with van der Waals surface area (Å²) in [5, 5.41) is 6.04. The predicted octanol–water partition coefficient (Wildman–Crippen LogP) is 4.19. The summed E-state index contributed by atoms with van der Waals surface area (Å²) >= 11 is 1.64. The number of imidazole rings is 1. The number of aromatic amines is 1. The molecule has 0 aliphatic rings. The molecule has 25 heavy (non-hydrogen) atoms. The molecule has 1 N–H and O–H groups in total. The Hall–Kier alpha value is -2.93. The number of rotatable bonds is 4. The lowest BCUT2D eigenvalue weighted by Gasteiger charge is -2.06. The van der Waals surface area contributed by atoms with Crippen LogP contribution < -0.4 is 5.69 Å². The van der Waals surface area contributed by atoms with Crippen molar-refractivity contribution in [1.82, 2.24) is 19.7 Å². The first kappa shape index (κ1) is 15.6. The molecule has 0 aliphatic heterocycles. The second-order valence-corrected chi connectivity index (χ2v) is 6.91. The summed E-state index contributed by atoms with van der Waals surface area (Å²) in [6.07, 6.45) is 3.73. The lowest BCUT2D eigenvalue weighted by Crippen LogP contribution is -2.18. The molecule has 0 saturated carbocycles. The Morgan fingerprint density at radius 2 is 2.16 bits per heavy atom. The zero-order chi connectivity index (χ0) is 17.4. The third-order valence-electron chi connectivity index (χ3n) is 3.87. The third-order valence-corrected chi connectivity index (χ3v) is 4.70. The van der Waals surface area contributed by atoms with E-state index in [1.54, 1.807) is 22.0 Å². The minimum absolute atomic E-state index is 0.0891. The number of benzene rings is 1. The SMILES string of the molecule is CC(C)n1c(=O)[nH]c2cc(-c3noc(C=Cc4cccs4)n3)ccc21. The van der Waals surface area contributed by atoms with Crippen molar-refractivity contribution < 1.29 is 4.52 Å². The Morgan fingerprint density at radius 1 is 1.28 bits per heavy atom. The van der Waals surface area contributed by atoms with E-state index in [-0.39, 0.29) is 11.7 Å². The van der Waals surface area contributed by atoms with Crippen LogP contribution in [0.5, 0.6) is 0 Å². The highest BCUT2D eigenvalue weighted by atomic mass is 32.1. The Morgan fingerprint density at radius 3 is 2.92 bits per heavy atom. The molecule has 4 aromatic rings. The van der Waals surface area contributed by atoms with Gasteiger partial charge in [0, 0.05) is 22.6 Å². The summed E-state index contributed by atoms with van der Waals surface area (Å²) in [5.41, 5.74) is 2.31. The monoisotopic (exact) mass is 352 g/mol. The predicted molar refractivity (Wildman–Crippen MR) is 99.5 cm³/mol. The van der Waals surface area contributed by atoms with Crippen molar-refractivity contribution in [2.45, 2.75) is 19.9 Å². The lowest BCUT2D eigenvalue weighted by atomic mass is 10.2. The number of aromatic nitrogens is 4. The standard InChI is InChI=1S/C18H16N4O2S/c1-11(2)22-15-7-5-12(10-14(15)19-18(22)23)17-20-16(24-21-17)8-6-13-4-3-9-25-13/h3-11H,1-2H3,(H,19,23). The number of nitrogens with one attached hydrogen (secondary N) is 1. The maximum atomic E-state index is 12.1. The van der Waals surface area contributed by atoms with Crippen LogP contribution in [0.15, 0.2) is 45.0 Å². The van der Waals surface area contributed by atoms with Crippen LogP contribution in [0.3, 0.4) is 0 Å². The Labute approximate surface area is 147 Å². The lowest BCUT2D eigenvalue weighted by molar-refractivity contribution is 0.411. The molecule has 0 aliphatic carbocycles. The molecule has 0 bridgehead atoms. The van der Waals surface area contributed by atoms with Gasteiger partial charge >= 0.3 is 5.69 Å². The van der Waals surface area contributed by atoms with Crippen molar-refractivity contribution in [3.63, 3.8) is 0 Å². The van der Waals surface area contributed by atoms with Crippen molar-refractivity contribution in [2.75, 3.05) is 0 Å². The van der Waals surface area contributed by atoms with E-state index in [1.807, 2.05) is 55.6 Å². The summed E-state index contributed by atoms with van der Waals surface area (Å²) in [6, 6.07) is 9.76. The van der Waals surface area contributed by atoms with E-state index >= 15 is 0 Å². The van der Waals surface area contributed by atoms with Gasteiger partial charge in [0.2, 0.25) is 5.82 Å². The fourth-order valence-corrected chi connectivity index (χ4v) is 3.36. The molecule has 6 nitrogen and oxygen atoms in total. The fourth-order valence-electron chi connectivity index (χ4n) is 2.74. The van der Waals surface area contributed by atoms with Crippen LogP contribution in [-0.2, 0) is 0 Å². The normalized spacial score (nSPS) is 12.0. The number of nitrogens with zero attached hydrogens (tertiary/aromatic N) is 3. The smallest absolute Gasteiger partial charge is 0.326 e. The summed E-state index contributed by atoms with van der Waals surface area (Å²) < 4.78 is 7.00. The number of hydrogen-bond donors (Lipinski definition) is 1. The van der Waals surface area contributed by atoms with E-state index < -0.39 is 0 Å². The van der Waals surface area contributed by atoms with Crippen LogP contribution in [0.1, 0.15) is 30.7 Å². The van der Waals surface area contributed by atoms with Crippen molar-refractivity contribution in [3.05, 3.63) is 57.0 Å². The topological polar surface area (TPSA) is 76.7 Å². The Kier molecular flexibility index (Phi) is 3.85. The van der Waals surface area contributed by atoms with Gasteiger partial charge in [0.25, 0.3) is 5.89 Å². The third kappa shape index (κ3) is 2.94. The van der Waals surface area contributed by atoms with E-state index in [1.165, 1.54) is 0 Å². The van der Waals surface area contributed by atoms with Gasteiger partial charge in [-0.1, -0.05) is 11.2 Å². The highest BCUT2D eigenvalue weighted by Crippen LogP contribution is 2.23. The molecular weight excluding hydrogens is 336 g/mol. The van der Waals surface area contributed by atoms with Gasteiger partial charge in [-0.25, -0.2) is 4.79 Å². The molecule has 4 rings (SSSR count). The first-order valence-corrected chi connectivity index (χ1v) is 8.80. The maximum Gasteiger partial charge on any atom is 0.326 e. The second kappa shape index (κ2) is 6.18. The zero-order valence-electron chi connectivity index (χ0n) is 13.8. The number of fused-ring (bicyclic) bond motifs is 1. The molecule has 0 fully saturated rings. The van der Waals surface area contributed by atoms with E-state index in [4.69, 9.17) is 4.52 Å². The van der Waals surface area contributed by atoms with Crippen LogP contribution in [0, 0.1) is 0 Å². The van der Waals surface area contributed by atoms with Crippen LogP contribution >= 0.6 is 11.3 Å². The molecule has 3 heterocycles. The average Bonchev–Trinajstić information content (AvgIpc) is 3.31. The molecule has 0 unspecified atom stereocenters. The van der Waals surface area contributed by atoms with Crippen molar-refractivity contribution in [1.29, 1.82) is 0 Å². The van der Waals surface area contributed by atoms with Gasteiger partial charge in [-0.2, -0.15) is 4.98 Å². The second-order valence-electron chi connectivity index (χ2n) is 5.93. The Balaban J connectivity index is 1.67. The van der Waals surface area contributed by atoms with E-state index in [0.717, 1.165) is 21.5 Å². The molecule has 0 radical (unpaired) electrons. The average molecular weight is 352 g/mol. The maximum absolute atomic E-state index is 12.1. The molecular formula is C18H16N4O2S. The molecule has 0 amide bonds. The van der Waals surface area contributed by atoms with E-state index in [9.17, 15) is 4.79 Å². The van der Waals surface area contributed by atoms with Gasteiger partial charge in [0.05, 0.1) is 11.0 Å². The van der Waals surface area contributed by atoms with Crippen molar-refractivity contribution >= 4 is 34.5 Å². The molecule has 7 heteroatoms. The van der Waals surface area contributed by atoms with Gasteiger partial charge in [-0.15, -0.1) is 11.3 Å². The fraction of sp³-hybridized carbons (Fsp3) is 0.167. The molecule has 126 valence electrons. The van der Waals surface area contributed by atoms with E-state index in [0.29, 0.717) is 11.7 Å². The number of H-pyrrole nitrogens is 1. The van der Waals surface area contributed by atoms with Crippen LogP contribution in [-0.4, -0.2) is 19.7 Å². The first-order valence-electron chi connectivity index (χ1n) is 7.92. The van der Waals surface area contributed by atoms with Gasteiger partial charge < -0.3 is 9.51 Å². The van der Waals surface area contributed by atoms with Crippen LogP contribution in [0.4, 0.5) is 0 Å². The first-order chi connectivity index (χ1) is 12.1. The molecule has 0 atom stereocenters. The van der Waals surface area contributed by atoms with Gasteiger partial charge in [0.1, 0.15) is 0 Å². The quantitative estimate of drug-likeness (QED) is 0.597.